The van der Waals surface area contributed by atoms with Gasteiger partial charge in [0.1, 0.15) is 5.82 Å². The van der Waals surface area contributed by atoms with Gasteiger partial charge in [-0.05, 0) is 80.1 Å². The van der Waals surface area contributed by atoms with Crippen molar-refractivity contribution in [1.82, 2.24) is 14.5 Å². The number of rotatable bonds is 7. The number of alkyl halides is 6. The summed E-state index contributed by atoms with van der Waals surface area (Å²) in [5.74, 6) is -0.629. The van der Waals surface area contributed by atoms with Gasteiger partial charge >= 0.3 is 18.4 Å². The summed E-state index contributed by atoms with van der Waals surface area (Å²) in [4.78, 5) is 16.1. The second-order valence-electron chi connectivity index (χ2n) is 9.82. The lowest BCUT2D eigenvalue weighted by Crippen LogP contribution is -2.51. The molecule has 0 aromatic heterocycles. The minimum atomic E-state index is -4.98. The van der Waals surface area contributed by atoms with Crippen LogP contribution in [0.1, 0.15) is 53.6 Å². The van der Waals surface area contributed by atoms with E-state index in [9.17, 15) is 43.9 Å². The van der Waals surface area contributed by atoms with Gasteiger partial charge in [-0.1, -0.05) is 6.07 Å². The van der Waals surface area contributed by atoms with E-state index in [1.54, 1.807) is 6.92 Å². The average molecular weight is 598 g/mol. The zero-order valence-electron chi connectivity index (χ0n) is 22.0. The van der Waals surface area contributed by atoms with E-state index in [1.165, 1.54) is 42.0 Å². The molecule has 1 aliphatic rings. The van der Waals surface area contributed by atoms with Crippen LogP contribution in [0.15, 0.2) is 36.4 Å². The third-order valence-electron chi connectivity index (χ3n) is 6.88. The predicted molar refractivity (Wildman–Crippen MR) is 134 cm³/mol. The molecule has 0 radical (unpaired) electrons. The Balaban J connectivity index is 1.84. The van der Waals surface area contributed by atoms with Gasteiger partial charge in [-0.25, -0.2) is 22.3 Å². The lowest BCUT2D eigenvalue weighted by atomic mass is 9.90. The SMILES string of the molecule is CCS(=O)(=O)N[C@H]1CCN(C(=O)N(C)CCc2cc(C(F)(F)F)cc(C(F)(F)F)c2)[C@@H](c2ccc(F)cc2C)C1. The molecule has 2 aromatic carbocycles. The van der Waals surface area contributed by atoms with Gasteiger partial charge in [0.2, 0.25) is 10.0 Å². The Morgan fingerprint density at radius 1 is 1.05 bits per heavy atom. The molecular weight excluding hydrogens is 567 g/mol. The van der Waals surface area contributed by atoms with Crippen molar-refractivity contribution < 1.29 is 43.9 Å². The van der Waals surface area contributed by atoms with Crippen LogP contribution in [0.2, 0.25) is 0 Å². The van der Waals surface area contributed by atoms with Crippen molar-refractivity contribution in [3.05, 3.63) is 70.0 Å². The van der Waals surface area contributed by atoms with Crippen LogP contribution < -0.4 is 4.72 Å². The summed E-state index contributed by atoms with van der Waals surface area (Å²) < 4.78 is 120. The Morgan fingerprint density at radius 3 is 2.17 bits per heavy atom. The number of amides is 2. The number of halogens is 7. The Morgan fingerprint density at radius 2 is 1.65 bits per heavy atom. The molecule has 2 atom stereocenters. The van der Waals surface area contributed by atoms with Crippen LogP contribution in [0.3, 0.4) is 0 Å². The van der Waals surface area contributed by atoms with E-state index in [1.807, 2.05) is 0 Å². The van der Waals surface area contributed by atoms with Gasteiger partial charge in [-0.2, -0.15) is 26.3 Å². The van der Waals surface area contributed by atoms with Gasteiger partial charge < -0.3 is 9.80 Å². The van der Waals surface area contributed by atoms with Gasteiger partial charge in [0.15, 0.2) is 0 Å². The van der Waals surface area contributed by atoms with Crippen molar-refractivity contribution in [3.63, 3.8) is 0 Å². The molecule has 2 amide bonds. The Kier molecular flexibility index (Phi) is 9.44. The third-order valence-corrected chi connectivity index (χ3v) is 8.33. The van der Waals surface area contributed by atoms with Gasteiger partial charge in [0.25, 0.3) is 0 Å². The highest BCUT2D eigenvalue weighted by molar-refractivity contribution is 7.89. The number of carbonyl (C=O) groups is 1. The monoisotopic (exact) mass is 597 g/mol. The summed E-state index contributed by atoms with van der Waals surface area (Å²) in [5.41, 5.74) is -1.98. The van der Waals surface area contributed by atoms with Crippen molar-refractivity contribution in [2.24, 2.45) is 0 Å². The molecule has 14 heteroatoms. The molecule has 0 bridgehead atoms. The fourth-order valence-corrected chi connectivity index (χ4v) is 5.61. The molecule has 0 saturated carbocycles. The van der Waals surface area contributed by atoms with Crippen LogP contribution in [0.5, 0.6) is 0 Å². The molecule has 222 valence electrons. The molecule has 0 aliphatic carbocycles. The van der Waals surface area contributed by atoms with Crippen LogP contribution in [0.4, 0.5) is 35.5 Å². The highest BCUT2D eigenvalue weighted by Gasteiger charge is 2.38. The summed E-state index contributed by atoms with van der Waals surface area (Å²) in [7, 11) is -2.17. The number of hydrogen-bond donors (Lipinski definition) is 1. The number of likely N-dealkylation sites (N-methyl/N-ethyl adjacent to an activating group) is 1. The zero-order valence-corrected chi connectivity index (χ0v) is 22.9. The number of benzene rings is 2. The van der Waals surface area contributed by atoms with E-state index >= 15 is 0 Å². The Hall–Kier alpha value is -2.87. The third kappa shape index (κ3) is 7.87. The smallest absolute Gasteiger partial charge is 0.327 e. The topological polar surface area (TPSA) is 69.7 Å². The average Bonchev–Trinajstić information content (AvgIpc) is 2.85. The Labute approximate surface area is 228 Å². The number of piperidine rings is 1. The zero-order chi connectivity index (χ0) is 30.0. The first-order valence-electron chi connectivity index (χ1n) is 12.5. The molecule has 40 heavy (non-hydrogen) atoms. The first-order valence-corrected chi connectivity index (χ1v) is 14.1. The van der Waals surface area contributed by atoms with E-state index in [0.717, 1.165) is 0 Å². The maximum Gasteiger partial charge on any atom is 0.416 e. The second kappa shape index (κ2) is 11.9. The van der Waals surface area contributed by atoms with Crippen molar-refractivity contribution in [1.29, 1.82) is 0 Å². The van der Waals surface area contributed by atoms with Crippen LogP contribution in [0.25, 0.3) is 0 Å². The largest absolute Gasteiger partial charge is 0.416 e. The fraction of sp³-hybridized carbons (Fsp3) is 0.500. The van der Waals surface area contributed by atoms with Crippen molar-refractivity contribution >= 4 is 16.1 Å². The summed E-state index contributed by atoms with van der Waals surface area (Å²) >= 11 is 0. The number of nitrogens with zero attached hydrogens (tertiary/aromatic N) is 2. The second-order valence-corrected chi connectivity index (χ2v) is 11.9. The lowest BCUT2D eigenvalue weighted by molar-refractivity contribution is -0.143. The summed E-state index contributed by atoms with van der Waals surface area (Å²) in [6.07, 6.45) is -9.78. The fourth-order valence-electron chi connectivity index (χ4n) is 4.72. The molecule has 1 fully saturated rings. The molecular formula is C26H30F7N3O3S. The maximum absolute atomic E-state index is 13.8. The number of aryl methyl sites for hydroxylation is 1. The van der Waals surface area contributed by atoms with Gasteiger partial charge in [-0.3, -0.25) is 0 Å². The molecule has 0 spiro atoms. The molecule has 1 saturated heterocycles. The number of carbonyl (C=O) groups excluding carboxylic acids is 1. The van der Waals surface area contributed by atoms with E-state index in [2.05, 4.69) is 4.72 Å². The molecule has 1 heterocycles. The normalized spacial score (nSPS) is 18.6. The first-order chi connectivity index (χ1) is 18.4. The highest BCUT2D eigenvalue weighted by atomic mass is 32.2. The first kappa shape index (κ1) is 31.7. The van der Waals surface area contributed by atoms with E-state index < -0.39 is 57.4 Å². The summed E-state index contributed by atoms with van der Waals surface area (Å²) in [6.45, 7) is 3.06. The Bertz CT molecular complexity index is 1300. The lowest BCUT2D eigenvalue weighted by Gasteiger charge is -2.42. The van der Waals surface area contributed by atoms with Crippen LogP contribution >= 0.6 is 0 Å². The van der Waals surface area contributed by atoms with E-state index in [4.69, 9.17) is 0 Å². The van der Waals surface area contributed by atoms with Gasteiger partial charge in [-0.15, -0.1) is 0 Å². The molecule has 0 unspecified atom stereocenters. The number of hydrogen-bond acceptors (Lipinski definition) is 3. The number of nitrogens with one attached hydrogen (secondary N) is 1. The van der Waals surface area contributed by atoms with Crippen molar-refractivity contribution in [3.8, 4) is 0 Å². The minimum Gasteiger partial charge on any atom is -0.327 e. The molecule has 1 aliphatic heterocycles. The number of urea groups is 1. The number of sulfonamides is 1. The predicted octanol–water partition coefficient (Wildman–Crippen LogP) is 5.91. The highest BCUT2D eigenvalue weighted by Crippen LogP contribution is 2.37. The van der Waals surface area contributed by atoms with E-state index in [-0.39, 0.29) is 49.7 Å². The quantitative estimate of drug-likeness (QED) is 0.404. The van der Waals surface area contributed by atoms with Gasteiger partial charge in [0.05, 0.1) is 22.9 Å². The molecule has 1 N–H and O–H groups in total. The van der Waals surface area contributed by atoms with Crippen molar-refractivity contribution in [2.45, 2.75) is 57.5 Å². The molecule has 6 nitrogen and oxygen atoms in total. The van der Waals surface area contributed by atoms with Crippen molar-refractivity contribution in [2.75, 3.05) is 25.9 Å². The maximum atomic E-state index is 13.8. The van der Waals surface area contributed by atoms with E-state index in [0.29, 0.717) is 23.3 Å². The van der Waals surface area contributed by atoms with Crippen LogP contribution in [0, 0.1) is 12.7 Å². The summed E-state index contributed by atoms with van der Waals surface area (Å²) in [5, 5.41) is 0. The van der Waals surface area contributed by atoms with Crippen LogP contribution in [-0.2, 0) is 28.8 Å². The summed E-state index contributed by atoms with van der Waals surface area (Å²) in [6, 6.07) is 3.62. The molecule has 2 aromatic rings. The standard InChI is InChI=1S/C26H30F7N3O3S/c1-4-40(38,39)34-21-8-10-36(23(15-21)22-6-5-20(27)11-16(22)2)24(37)35(3)9-7-17-12-18(25(28,29)30)14-19(13-17)26(31,32)33/h5-6,11-14,21,23,34H,4,7-10,15H2,1-3H3/t21-,23+/m0/s1. The minimum absolute atomic E-state index is 0.0465. The number of likely N-dealkylation sites (tertiary alicyclic amines) is 1. The van der Waals surface area contributed by atoms with Gasteiger partial charge in [0, 0.05) is 26.2 Å². The van der Waals surface area contributed by atoms with Crippen LogP contribution in [-0.4, -0.2) is 56.2 Å². The molecule has 3 rings (SSSR count).